The molecule has 1 aromatic carbocycles. The summed E-state index contributed by atoms with van der Waals surface area (Å²) in [5.74, 6) is 2.41. The number of aryl methyl sites for hydroxylation is 2. The fourth-order valence-electron chi connectivity index (χ4n) is 4.29. The van der Waals surface area contributed by atoms with E-state index in [1.54, 1.807) is 0 Å². The third-order valence-corrected chi connectivity index (χ3v) is 5.97. The normalized spacial score (nSPS) is 15.1. The number of fused-ring (bicyclic) bond motifs is 1. The van der Waals surface area contributed by atoms with Crippen LogP contribution in [-0.4, -0.2) is 46.1 Å². The number of anilines is 2. The topological polar surface area (TPSA) is 37.2 Å². The van der Waals surface area contributed by atoms with Crippen LogP contribution in [0.5, 0.6) is 0 Å². The molecule has 0 aliphatic carbocycles. The van der Waals surface area contributed by atoms with Crippen LogP contribution >= 0.6 is 0 Å². The number of hydrogen-bond acceptors (Lipinski definition) is 4. The fourth-order valence-corrected chi connectivity index (χ4v) is 4.29. The lowest BCUT2D eigenvalue weighted by Crippen LogP contribution is -2.31. The largest absolute Gasteiger partial charge is 0.334 e. The van der Waals surface area contributed by atoms with Gasteiger partial charge in [-0.15, -0.1) is 0 Å². The molecule has 1 aliphatic heterocycles. The van der Waals surface area contributed by atoms with E-state index in [1.807, 2.05) is 24.1 Å². The van der Waals surface area contributed by atoms with Crippen molar-refractivity contribution in [2.45, 2.75) is 33.6 Å². The van der Waals surface area contributed by atoms with E-state index in [9.17, 15) is 0 Å². The molecule has 0 saturated heterocycles. The van der Waals surface area contributed by atoms with Crippen LogP contribution in [0.3, 0.4) is 0 Å². The summed E-state index contributed by atoms with van der Waals surface area (Å²) in [7, 11) is 4.12. The Bertz CT molecular complexity index is 1060. The SMILES string of the molecule is CCc1cc(C2=CCN(C[C](C)C)CC2)ccc1N(C)c1cc2c(cn1)ncn2C. The molecule has 2 aromatic heterocycles. The molecule has 0 atom stereocenters. The number of imidazole rings is 1. The zero-order valence-electron chi connectivity index (χ0n) is 18.8. The molecule has 1 aliphatic rings. The Morgan fingerprint density at radius 1 is 1.17 bits per heavy atom. The van der Waals surface area contributed by atoms with Crippen molar-refractivity contribution in [1.82, 2.24) is 19.4 Å². The molecule has 0 unspecified atom stereocenters. The van der Waals surface area contributed by atoms with Crippen LogP contribution in [0.25, 0.3) is 16.6 Å². The van der Waals surface area contributed by atoms with Gasteiger partial charge in [-0.2, -0.15) is 0 Å². The van der Waals surface area contributed by atoms with Gasteiger partial charge in [-0.3, -0.25) is 4.90 Å². The van der Waals surface area contributed by atoms with E-state index in [1.165, 1.54) is 28.3 Å². The first-order valence-corrected chi connectivity index (χ1v) is 10.8. The van der Waals surface area contributed by atoms with Gasteiger partial charge in [-0.05, 0) is 47.6 Å². The van der Waals surface area contributed by atoms with Crippen LogP contribution in [0, 0.1) is 5.92 Å². The minimum Gasteiger partial charge on any atom is -0.334 e. The van der Waals surface area contributed by atoms with E-state index in [-0.39, 0.29) is 0 Å². The standard InChI is InChI=1S/C25H32N5/c1-6-19-13-21(20-9-11-30(12-10-20)16-18(2)3)7-8-23(19)29(5)25-14-24-22(15-26-25)27-17-28(24)4/h7-9,13-15,17H,6,10-12,16H2,1-5H3. The van der Waals surface area contributed by atoms with E-state index in [4.69, 9.17) is 0 Å². The average Bonchev–Trinajstić information content (AvgIpc) is 3.13. The van der Waals surface area contributed by atoms with Crippen LogP contribution in [0.2, 0.25) is 0 Å². The Balaban J connectivity index is 1.59. The summed E-state index contributed by atoms with van der Waals surface area (Å²) in [5, 5.41) is 0. The van der Waals surface area contributed by atoms with Gasteiger partial charge in [0.1, 0.15) is 11.3 Å². The van der Waals surface area contributed by atoms with Crippen LogP contribution in [0.4, 0.5) is 11.5 Å². The quantitative estimate of drug-likeness (QED) is 0.581. The molecule has 0 bridgehead atoms. The number of pyridine rings is 1. The lowest BCUT2D eigenvalue weighted by molar-refractivity contribution is 0.313. The molecule has 3 heterocycles. The average molecular weight is 403 g/mol. The number of hydrogen-bond donors (Lipinski definition) is 0. The summed E-state index contributed by atoms with van der Waals surface area (Å²) in [6.07, 6.45) is 8.20. The van der Waals surface area contributed by atoms with Crippen LogP contribution in [-0.2, 0) is 13.5 Å². The minimum atomic E-state index is 0.926. The Morgan fingerprint density at radius 2 is 2.00 bits per heavy atom. The summed E-state index contributed by atoms with van der Waals surface area (Å²) in [4.78, 5) is 13.7. The zero-order valence-corrected chi connectivity index (χ0v) is 18.8. The third-order valence-electron chi connectivity index (χ3n) is 5.97. The monoisotopic (exact) mass is 402 g/mol. The second-order valence-electron chi connectivity index (χ2n) is 8.56. The van der Waals surface area contributed by atoms with Gasteiger partial charge in [-0.25, -0.2) is 9.97 Å². The molecule has 5 heteroatoms. The van der Waals surface area contributed by atoms with Crippen molar-refractivity contribution in [3.05, 3.63) is 59.9 Å². The highest BCUT2D eigenvalue weighted by molar-refractivity contribution is 5.79. The van der Waals surface area contributed by atoms with Crippen LogP contribution in [0.1, 0.15) is 38.3 Å². The van der Waals surface area contributed by atoms with Crippen LogP contribution in [0.15, 0.2) is 42.9 Å². The van der Waals surface area contributed by atoms with E-state index in [0.717, 1.165) is 49.3 Å². The molecule has 0 saturated carbocycles. The first-order valence-electron chi connectivity index (χ1n) is 10.8. The highest BCUT2D eigenvalue weighted by Crippen LogP contribution is 2.32. The fraction of sp³-hybridized carbons (Fsp3) is 0.400. The van der Waals surface area contributed by atoms with E-state index in [0.29, 0.717) is 0 Å². The summed E-state index contributed by atoms with van der Waals surface area (Å²) < 4.78 is 2.04. The smallest absolute Gasteiger partial charge is 0.134 e. The van der Waals surface area contributed by atoms with Crippen molar-refractivity contribution in [2.75, 3.05) is 31.6 Å². The highest BCUT2D eigenvalue weighted by atomic mass is 15.2. The number of nitrogens with zero attached hydrogens (tertiary/aromatic N) is 5. The first-order chi connectivity index (χ1) is 14.5. The lowest BCUT2D eigenvalue weighted by atomic mass is 9.95. The Morgan fingerprint density at radius 3 is 2.70 bits per heavy atom. The van der Waals surface area contributed by atoms with Crippen molar-refractivity contribution in [1.29, 1.82) is 0 Å². The molecule has 0 N–H and O–H groups in total. The molecule has 1 radical (unpaired) electrons. The van der Waals surface area contributed by atoms with Gasteiger partial charge in [0, 0.05) is 45.5 Å². The van der Waals surface area contributed by atoms with Crippen LogP contribution < -0.4 is 4.90 Å². The second kappa shape index (κ2) is 8.60. The maximum absolute atomic E-state index is 4.65. The second-order valence-corrected chi connectivity index (χ2v) is 8.56. The molecule has 30 heavy (non-hydrogen) atoms. The predicted octanol–water partition coefficient (Wildman–Crippen LogP) is 5.00. The van der Waals surface area contributed by atoms with Gasteiger partial charge in [0.25, 0.3) is 0 Å². The maximum atomic E-state index is 4.65. The summed E-state index contributed by atoms with van der Waals surface area (Å²) in [6, 6.07) is 9.00. The number of aromatic nitrogens is 3. The first kappa shape index (κ1) is 20.6. The van der Waals surface area contributed by atoms with Crippen molar-refractivity contribution >= 4 is 28.1 Å². The lowest BCUT2D eigenvalue weighted by Gasteiger charge is -2.28. The van der Waals surface area contributed by atoms with Gasteiger partial charge in [0.05, 0.1) is 18.0 Å². The third kappa shape index (κ3) is 4.12. The van der Waals surface area contributed by atoms with Gasteiger partial charge in [0.2, 0.25) is 0 Å². The Hall–Kier alpha value is -2.66. The molecule has 0 fully saturated rings. The summed E-state index contributed by atoms with van der Waals surface area (Å²) in [6.45, 7) is 9.92. The number of benzene rings is 1. The number of rotatable bonds is 6. The van der Waals surface area contributed by atoms with E-state index in [2.05, 4.69) is 77.9 Å². The highest BCUT2D eigenvalue weighted by Gasteiger charge is 2.17. The molecule has 4 rings (SSSR count). The van der Waals surface area contributed by atoms with Gasteiger partial charge >= 0.3 is 0 Å². The predicted molar refractivity (Wildman–Crippen MR) is 126 cm³/mol. The Kier molecular flexibility index (Phi) is 5.91. The van der Waals surface area contributed by atoms with E-state index >= 15 is 0 Å². The molecule has 3 aromatic rings. The Labute approximate surface area is 180 Å². The molecular formula is C25H32N5. The molecule has 157 valence electrons. The van der Waals surface area contributed by atoms with E-state index < -0.39 is 0 Å². The minimum absolute atomic E-state index is 0.926. The van der Waals surface area contributed by atoms with Gasteiger partial charge in [0.15, 0.2) is 0 Å². The van der Waals surface area contributed by atoms with Crippen molar-refractivity contribution in [2.24, 2.45) is 7.05 Å². The van der Waals surface area contributed by atoms with Crippen molar-refractivity contribution in [3.63, 3.8) is 0 Å². The van der Waals surface area contributed by atoms with Crippen molar-refractivity contribution < 1.29 is 0 Å². The molecule has 0 amide bonds. The molecule has 0 spiro atoms. The summed E-state index contributed by atoms with van der Waals surface area (Å²) >= 11 is 0. The molecule has 5 nitrogen and oxygen atoms in total. The summed E-state index contributed by atoms with van der Waals surface area (Å²) in [5.41, 5.74) is 7.41. The zero-order chi connectivity index (χ0) is 21.3. The van der Waals surface area contributed by atoms with Gasteiger partial charge < -0.3 is 9.47 Å². The molecular weight excluding hydrogens is 370 g/mol. The van der Waals surface area contributed by atoms with Gasteiger partial charge in [-0.1, -0.05) is 32.9 Å². The maximum Gasteiger partial charge on any atom is 0.134 e. The van der Waals surface area contributed by atoms with Crippen molar-refractivity contribution in [3.8, 4) is 0 Å².